The molecule has 1 aliphatic heterocycles. The summed E-state index contributed by atoms with van der Waals surface area (Å²) < 4.78 is 10.2. The number of methoxy groups -OCH3 is 1. The number of anilines is 1. The Labute approximate surface area is 128 Å². The van der Waals surface area contributed by atoms with Gasteiger partial charge < -0.3 is 19.7 Å². The zero-order valence-corrected chi connectivity index (χ0v) is 12.5. The number of rotatable bonds is 4. The highest BCUT2D eigenvalue weighted by molar-refractivity contribution is 6.32. The molecule has 2 rings (SSSR count). The molecule has 1 aromatic rings. The summed E-state index contributed by atoms with van der Waals surface area (Å²) in [5.41, 5.74) is 0.528. The number of hydrogen-bond donors (Lipinski definition) is 1. The molecule has 0 bridgehead atoms. The number of amides is 2. The van der Waals surface area contributed by atoms with Crippen molar-refractivity contribution in [1.82, 2.24) is 4.90 Å². The van der Waals surface area contributed by atoms with Crippen molar-refractivity contribution in [3.63, 3.8) is 0 Å². The van der Waals surface area contributed by atoms with Gasteiger partial charge in [0.2, 0.25) is 11.8 Å². The van der Waals surface area contributed by atoms with Crippen molar-refractivity contribution in [3.05, 3.63) is 23.2 Å². The Balaban J connectivity index is 1.89. The first-order valence-corrected chi connectivity index (χ1v) is 6.97. The third-order valence-electron chi connectivity index (χ3n) is 3.11. The zero-order valence-electron chi connectivity index (χ0n) is 11.7. The van der Waals surface area contributed by atoms with Crippen molar-refractivity contribution in [2.24, 2.45) is 0 Å². The van der Waals surface area contributed by atoms with Crippen molar-refractivity contribution < 1.29 is 19.1 Å². The molecule has 0 saturated carbocycles. The van der Waals surface area contributed by atoms with Gasteiger partial charge in [-0.15, -0.1) is 0 Å². The molecule has 0 unspecified atom stereocenters. The molecule has 1 aromatic carbocycles. The van der Waals surface area contributed by atoms with Crippen LogP contribution in [0.1, 0.15) is 6.42 Å². The molecule has 0 aromatic heterocycles. The van der Waals surface area contributed by atoms with Crippen LogP contribution in [0.4, 0.5) is 5.69 Å². The molecule has 0 atom stereocenters. The maximum absolute atomic E-state index is 11.9. The fourth-order valence-corrected chi connectivity index (χ4v) is 2.27. The van der Waals surface area contributed by atoms with Gasteiger partial charge in [-0.1, -0.05) is 11.6 Å². The monoisotopic (exact) mass is 312 g/mol. The van der Waals surface area contributed by atoms with E-state index < -0.39 is 0 Å². The standard InChI is InChI=1S/C14H17ClN2O4/c1-20-12-3-2-10(8-11(12)15)16-13(18)9-14(19)17-4-6-21-7-5-17/h2-3,8H,4-7,9H2,1H3,(H,16,18). The highest BCUT2D eigenvalue weighted by atomic mass is 35.5. The number of nitrogens with zero attached hydrogens (tertiary/aromatic N) is 1. The number of hydrogen-bond acceptors (Lipinski definition) is 4. The van der Waals surface area contributed by atoms with E-state index in [4.69, 9.17) is 21.1 Å². The molecule has 114 valence electrons. The van der Waals surface area contributed by atoms with Gasteiger partial charge in [-0.2, -0.15) is 0 Å². The van der Waals surface area contributed by atoms with E-state index in [0.717, 1.165) is 0 Å². The van der Waals surface area contributed by atoms with Crippen LogP contribution in [0.2, 0.25) is 5.02 Å². The first-order valence-electron chi connectivity index (χ1n) is 6.59. The minimum Gasteiger partial charge on any atom is -0.495 e. The minimum absolute atomic E-state index is 0.191. The van der Waals surface area contributed by atoms with E-state index in [2.05, 4.69) is 5.32 Å². The van der Waals surface area contributed by atoms with Crippen LogP contribution in [0.5, 0.6) is 5.75 Å². The summed E-state index contributed by atoms with van der Waals surface area (Å²) in [6.45, 7) is 2.09. The summed E-state index contributed by atoms with van der Waals surface area (Å²) in [6.07, 6.45) is -0.191. The summed E-state index contributed by atoms with van der Waals surface area (Å²) >= 11 is 5.98. The lowest BCUT2D eigenvalue weighted by Gasteiger charge is -2.26. The van der Waals surface area contributed by atoms with Gasteiger partial charge >= 0.3 is 0 Å². The summed E-state index contributed by atoms with van der Waals surface area (Å²) in [5.74, 6) is -0.0396. The number of benzene rings is 1. The van der Waals surface area contributed by atoms with E-state index in [1.165, 1.54) is 7.11 Å². The van der Waals surface area contributed by atoms with Crippen molar-refractivity contribution in [2.45, 2.75) is 6.42 Å². The van der Waals surface area contributed by atoms with Gasteiger partial charge in [-0.05, 0) is 18.2 Å². The third kappa shape index (κ3) is 4.34. The number of nitrogens with one attached hydrogen (secondary N) is 1. The van der Waals surface area contributed by atoms with Gasteiger partial charge in [-0.3, -0.25) is 9.59 Å². The first kappa shape index (κ1) is 15.6. The Bertz CT molecular complexity index is 530. The molecular formula is C14H17ClN2O4. The maximum Gasteiger partial charge on any atom is 0.233 e. The number of halogens is 1. The average Bonchev–Trinajstić information content (AvgIpc) is 2.48. The zero-order chi connectivity index (χ0) is 15.2. The van der Waals surface area contributed by atoms with Crippen LogP contribution in [0.3, 0.4) is 0 Å². The van der Waals surface area contributed by atoms with Crippen LogP contribution in [0.25, 0.3) is 0 Å². The smallest absolute Gasteiger partial charge is 0.233 e. The topological polar surface area (TPSA) is 67.9 Å². The van der Waals surface area contributed by atoms with Gasteiger partial charge in [0.05, 0.1) is 25.3 Å². The van der Waals surface area contributed by atoms with E-state index in [0.29, 0.717) is 42.8 Å². The molecule has 1 fully saturated rings. The van der Waals surface area contributed by atoms with Crippen molar-refractivity contribution in [3.8, 4) is 5.75 Å². The van der Waals surface area contributed by atoms with E-state index in [9.17, 15) is 9.59 Å². The lowest BCUT2D eigenvalue weighted by atomic mass is 10.2. The molecule has 2 amide bonds. The van der Waals surface area contributed by atoms with Crippen molar-refractivity contribution in [2.75, 3.05) is 38.7 Å². The molecule has 7 heteroatoms. The molecule has 1 N–H and O–H groups in total. The number of carbonyl (C=O) groups excluding carboxylic acids is 2. The Morgan fingerprint density at radius 3 is 2.71 bits per heavy atom. The molecule has 6 nitrogen and oxygen atoms in total. The van der Waals surface area contributed by atoms with E-state index in [1.54, 1.807) is 23.1 Å². The van der Waals surface area contributed by atoms with Crippen LogP contribution in [-0.2, 0) is 14.3 Å². The lowest BCUT2D eigenvalue weighted by Crippen LogP contribution is -2.41. The second-order valence-corrected chi connectivity index (χ2v) is 4.97. The molecule has 0 radical (unpaired) electrons. The summed E-state index contributed by atoms with van der Waals surface area (Å²) in [4.78, 5) is 25.4. The second-order valence-electron chi connectivity index (χ2n) is 4.57. The van der Waals surface area contributed by atoms with Gasteiger partial charge in [0.1, 0.15) is 12.2 Å². The number of morpholine rings is 1. The SMILES string of the molecule is COc1ccc(NC(=O)CC(=O)N2CCOCC2)cc1Cl. The highest BCUT2D eigenvalue weighted by Gasteiger charge is 2.19. The predicted molar refractivity (Wildman–Crippen MR) is 78.6 cm³/mol. The minimum atomic E-state index is -0.368. The van der Waals surface area contributed by atoms with Gasteiger partial charge in [0, 0.05) is 18.8 Å². The fraction of sp³-hybridized carbons (Fsp3) is 0.429. The first-order chi connectivity index (χ1) is 10.1. The molecule has 21 heavy (non-hydrogen) atoms. The van der Waals surface area contributed by atoms with E-state index >= 15 is 0 Å². The van der Waals surface area contributed by atoms with E-state index in [1.807, 2.05) is 0 Å². The molecule has 1 saturated heterocycles. The Morgan fingerprint density at radius 1 is 1.38 bits per heavy atom. The van der Waals surface area contributed by atoms with E-state index in [-0.39, 0.29) is 18.2 Å². The lowest BCUT2D eigenvalue weighted by molar-refractivity contribution is -0.138. The Hall–Kier alpha value is -1.79. The normalized spacial score (nSPS) is 14.7. The van der Waals surface area contributed by atoms with Crippen molar-refractivity contribution >= 4 is 29.1 Å². The highest BCUT2D eigenvalue weighted by Crippen LogP contribution is 2.27. The Morgan fingerprint density at radius 2 is 2.10 bits per heavy atom. The molecular weight excluding hydrogens is 296 g/mol. The number of ether oxygens (including phenoxy) is 2. The fourth-order valence-electron chi connectivity index (χ4n) is 2.01. The molecule has 1 heterocycles. The van der Waals surface area contributed by atoms with Crippen molar-refractivity contribution in [1.29, 1.82) is 0 Å². The van der Waals surface area contributed by atoms with Crippen LogP contribution in [0, 0.1) is 0 Å². The molecule has 0 spiro atoms. The van der Waals surface area contributed by atoms with Crippen LogP contribution in [-0.4, -0.2) is 50.1 Å². The maximum atomic E-state index is 11.9. The molecule has 1 aliphatic rings. The van der Waals surface area contributed by atoms with Gasteiger partial charge in [0.25, 0.3) is 0 Å². The van der Waals surface area contributed by atoms with Crippen LogP contribution in [0.15, 0.2) is 18.2 Å². The predicted octanol–water partition coefficient (Wildman–Crippen LogP) is 1.54. The summed E-state index contributed by atoms with van der Waals surface area (Å²) in [6, 6.07) is 4.90. The second kappa shape index (κ2) is 7.28. The van der Waals surface area contributed by atoms with Gasteiger partial charge in [-0.25, -0.2) is 0 Å². The average molecular weight is 313 g/mol. The van der Waals surface area contributed by atoms with Gasteiger partial charge in [0.15, 0.2) is 0 Å². The Kier molecular flexibility index (Phi) is 5.41. The quantitative estimate of drug-likeness (QED) is 0.856. The summed E-state index contributed by atoms with van der Waals surface area (Å²) in [7, 11) is 1.51. The van der Waals surface area contributed by atoms with Crippen LogP contribution >= 0.6 is 11.6 Å². The number of carbonyl (C=O) groups is 2. The van der Waals surface area contributed by atoms with Crippen LogP contribution < -0.4 is 10.1 Å². The largest absolute Gasteiger partial charge is 0.495 e. The molecule has 0 aliphatic carbocycles. The third-order valence-corrected chi connectivity index (χ3v) is 3.41. The summed E-state index contributed by atoms with van der Waals surface area (Å²) in [5, 5.41) is 3.04.